The zero-order valence-electron chi connectivity index (χ0n) is 45.5. The van der Waals surface area contributed by atoms with Crippen LogP contribution in [0.25, 0.3) is 21.8 Å². The molecule has 2 fully saturated rings. The molecule has 0 atom stereocenters. The molecule has 4 heterocycles. The summed E-state index contributed by atoms with van der Waals surface area (Å²) in [5.74, 6) is 5.01. The van der Waals surface area contributed by atoms with Crippen molar-refractivity contribution in [2.75, 3.05) is 89.1 Å². The van der Waals surface area contributed by atoms with Gasteiger partial charge in [-0.05, 0) is 72.9 Å². The Labute approximate surface area is 456 Å². The molecule has 0 unspecified atom stereocenters. The molecule has 0 bridgehead atoms. The van der Waals surface area contributed by atoms with Crippen molar-refractivity contribution in [3.05, 3.63) is 168 Å². The molecule has 2 saturated heterocycles. The molecule has 6 aromatic carbocycles. The fraction of sp³-hybridized carbons (Fsp3) is 0.323. The molecule has 4 N–H and O–H groups in total. The van der Waals surface area contributed by atoms with E-state index in [0.29, 0.717) is 129 Å². The number of nitrogen functional groups attached to an aromatic ring is 1. The van der Waals surface area contributed by atoms with Crippen molar-refractivity contribution in [1.82, 2.24) is 30.6 Å². The van der Waals surface area contributed by atoms with E-state index in [1.807, 2.05) is 134 Å². The molecule has 10 rings (SSSR count). The van der Waals surface area contributed by atoms with Gasteiger partial charge in [-0.1, -0.05) is 121 Å². The Bertz CT molecular complexity index is 3300. The average molecular weight is 1050 g/mol. The normalized spacial score (nSPS) is 14.6. The van der Waals surface area contributed by atoms with E-state index in [4.69, 9.17) is 39.6 Å². The number of hydrogen-bond acceptors (Lipinski definition) is 14. The number of amides is 2. The van der Waals surface area contributed by atoms with Gasteiger partial charge in [-0.25, -0.2) is 9.97 Å². The first-order chi connectivity index (χ1) is 37.9. The number of methoxy groups -OCH3 is 4. The molecule has 0 radical (unpaired) electrons. The lowest BCUT2D eigenvalue weighted by Gasteiger charge is -2.41. The van der Waals surface area contributed by atoms with Gasteiger partial charge in [0.15, 0.2) is 23.0 Å². The third-order valence-corrected chi connectivity index (χ3v) is 15.1. The minimum atomic E-state index is -0.522. The summed E-state index contributed by atoms with van der Waals surface area (Å²) in [6.07, 6.45) is 4.13. The van der Waals surface area contributed by atoms with E-state index in [-0.39, 0.29) is 11.8 Å². The molecule has 16 heteroatoms. The fourth-order valence-electron chi connectivity index (χ4n) is 10.7. The Morgan fingerprint density at radius 1 is 0.500 bits per heavy atom. The second-order valence-electron chi connectivity index (χ2n) is 20.3. The summed E-state index contributed by atoms with van der Waals surface area (Å²) < 4.78 is 21.9. The van der Waals surface area contributed by atoms with Crippen LogP contribution in [0, 0.1) is 10.8 Å². The van der Waals surface area contributed by atoms with Crippen molar-refractivity contribution in [3.8, 4) is 23.0 Å². The fourth-order valence-corrected chi connectivity index (χ4v) is 10.7. The maximum atomic E-state index is 13.8. The molecular weight excluding hydrogens is 981 g/mol. The van der Waals surface area contributed by atoms with E-state index in [0.717, 1.165) is 33.4 Å². The summed E-state index contributed by atoms with van der Waals surface area (Å²) in [5, 5.41) is 8.04. The molecule has 404 valence electrons. The van der Waals surface area contributed by atoms with Crippen LogP contribution in [0.4, 0.5) is 23.5 Å². The summed E-state index contributed by atoms with van der Waals surface area (Å²) in [4.78, 5) is 53.1. The monoisotopic (exact) mass is 1050 g/mol. The Balaban J connectivity index is 0.000000190. The molecule has 0 saturated carbocycles. The van der Waals surface area contributed by atoms with Crippen LogP contribution in [0.5, 0.6) is 23.0 Å². The number of fused-ring (bicyclic) bond motifs is 2. The molecule has 0 spiro atoms. The lowest BCUT2D eigenvalue weighted by Crippen LogP contribution is -2.50. The lowest BCUT2D eigenvalue weighted by molar-refractivity contribution is -0.133. The number of hydrogen-bond donors (Lipinski definition) is 3. The zero-order valence-corrected chi connectivity index (χ0v) is 45.5. The minimum absolute atomic E-state index is 0.0839. The molecule has 2 aromatic heterocycles. The van der Waals surface area contributed by atoms with Crippen LogP contribution in [-0.4, -0.2) is 100 Å². The molecule has 78 heavy (non-hydrogen) atoms. The van der Waals surface area contributed by atoms with Gasteiger partial charge in [-0.15, -0.1) is 0 Å². The van der Waals surface area contributed by atoms with Crippen LogP contribution in [0.2, 0.25) is 0 Å². The van der Waals surface area contributed by atoms with Crippen molar-refractivity contribution in [2.24, 2.45) is 10.8 Å². The van der Waals surface area contributed by atoms with Crippen LogP contribution in [-0.2, 0) is 35.5 Å². The second kappa shape index (κ2) is 24.6. The van der Waals surface area contributed by atoms with E-state index in [1.165, 1.54) is 5.56 Å². The molecule has 2 aliphatic heterocycles. The quantitative estimate of drug-likeness (QED) is 0.0785. The predicted octanol–water partition coefficient (Wildman–Crippen LogP) is 9.23. The van der Waals surface area contributed by atoms with E-state index in [9.17, 15) is 9.59 Å². The van der Waals surface area contributed by atoms with Crippen LogP contribution >= 0.6 is 0 Å². The third-order valence-electron chi connectivity index (χ3n) is 15.1. The van der Waals surface area contributed by atoms with Crippen molar-refractivity contribution in [1.29, 1.82) is 0 Å². The Morgan fingerprint density at radius 2 is 0.846 bits per heavy atom. The van der Waals surface area contributed by atoms with E-state index in [1.54, 1.807) is 34.5 Å². The van der Waals surface area contributed by atoms with Crippen LogP contribution in [0.15, 0.2) is 146 Å². The molecule has 0 aliphatic carbocycles. The number of benzene rings is 6. The molecule has 8 aromatic rings. The van der Waals surface area contributed by atoms with Gasteiger partial charge in [-0.2, -0.15) is 9.97 Å². The number of rotatable bonds is 17. The van der Waals surface area contributed by atoms with Gasteiger partial charge in [-0.3, -0.25) is 9.59 Å². The standard InChI is InChI=1S/C32H37N5O3.C30H33N5O3/c1-36(2)29-25-19-27(39-3)28(40-4)20-26(25)34-31(35-29)37-17-15-32(16-18-37,21-23-11-7-5-8-12-23)30(38)33-22-24-13-9-6-10-14-24;1-37-25-17-23-24(18-26(25)38-2)33-29(34-27(23)31)35-15-13-30(14-16-35,19-21-9-5-3-6-10-21)28(36)32-20-22-11-7-4-8-12-22/h5-14,19-20H,15-18,21-22H2,1-4H3,(H,33,38);3-12,17-18H,13-16,19-20H2,1-2H3,(H,32,36)(H2,31,33,34). The lowest BCUT2D eigenvalue weighted by atomic mass is 9.73. The van der Waals surface area contributed by atoms with Gasteiger partial charge in [0.25, 0.3) is 0 Å². The maximum absolute atomic E-state index is 13.8. The van der Waals surface area contributed by atoms with Crippen LogP contribution in [0.3, 0.4) is 0 Å². The summed E-state index contributed by atoms with van der Waals surface area (Å²) in [6.45, 7) is 3.67. The molecule has 2 amide bonds. The smallest absolute Gasteiger partial charge is 0.227 e. The van der Waals surface area contributed by atoms with Gasteiger partial charge < -0.3 is 50.0 Å². The van der Waals surface area contributed by atoms with E-state index >= 15 is 0 Å². The topological polar surface area (TPSA) is 182 Å². The number of anilines is 4. The van der Waals surface area contributed by atoms with Crippen molar-refractivity contribution in [2.45, 2.75) is 51.6 Å². The van der Waals surface area contributed by atoms with Gasteiger partial charge in [0, 0.05) is 76.3 Å². The largest absolute Gasteiger partial charge is 0.493 e. The highest BCUT2D eigenvalue weighted by Gasteiger charge is 2.43. The first-order valence-electron chi connectivity index (χ1n) is 26.5. The second-order valence-corrected chi connectivity index (χ2v) is 20.3. The number of nitrogens with zero attached hydrogens (tertiary/aromatic N) is 7. The number of carbonyl (C=O) groups excluding carboxylic acids is 2. The average Bonchev–Trinajstić information content (AvgIpc) is 3.49. The summed E-state index contributed by atoms with van der Waals surface area (Å²) >= 11 is 0. The number of nitrogens with one attached hydrogen (secondary N) is 2. The van der Waals surface area contributed by atoms with E-state index < -0.39 is 10.8 Å². The first kappa shape index (κ1) is 54.1. The van der Waals surface area contributed by atoms with Gasteiger partial charge in [0.2, 0.25) is 23.7 Å². The highest BCUT2D eigenvalue weighted by atomic mass is 16.5. The predicted molar refractivity (Wildman–Crippen MR) is 309 cm³/mol. The zero-order chi connectivity index (χ0) is 54.7. The summed E-state index contributed by atoms with van der Waals surface area (Å²) in [7, 11) is 10.4. The molecule has 16 nitrogen and oxygen atoms in total. The Morgan fingerprint density at radius 3 is 1.23 bits per heavy atom. The number of piperidine rings is 2. The minimum Gasteiger partial charge on any atom is -0.493 e. The van der Waals surface area contributed by atoms with Crippen LogP contribution in [0.1, 0.15) is 47.9 Å². The van der Waals surface area contributed by atoms with Crippen molar-refractivity contribution < 1.29 is 28.5 Å². The van der Waals surface area contributed by atoms with Gasteiger partial charge in [0.1, 0.15) is 11.6 Å². The van der Waals surface area contributed by atoms with Gasteiger partial charge >= 0.3 is 0 Å². The highest BCUT2D eigenvalue weighted by Crippen LogP contribution is 2.41. The molecule has 2 aliphatic rings. The maximum Gasteiger partial charge on any atom is 0.227 e. The summed E-state index contributed by atoms with van der Waals surface area (Å²) in [5.41, 5.74) is 11.3. The summed E-state index contributed by atoms with van der Waals surface area (Å²) in [6, 6.07) is 48.0. The van der Waals surface area contributed by atoms with E-state index in [2.05, 4.69) is 49.7 Å². The van der Waals surface area contributed by atoms with Crippen molar-refractivity contribution >= 4 is 57.2 Å². The van der Waals surface area contributed by atoms with Crippen molar-refractivity contribution in [3.63, 3.8) is 0 Å². The first-order valence-corrected chi connectivity index (χ1v) is 26.5. The number of ether oxygens (including phenoxy) is 4. The Hall–Kier alpha value is -8.66. The Kier molecular flexibility index (Phi) is 17.0. The number of aromatic nitrogens is 4. The number of nitrogens with two attached hydrogens (primary N) is 1. The third kappa shape index (κ3) is 12.3. The molecular formula is C62H70N10O6. The highest BCUT2D eigenvalue weighted by molar-refractivity contribution is 5.94. The SMILES string of the molecule is COc1cc2nc(N3CCC(Cc4ccccc4)(C(=O)NCc4ccccc4)CC3)nc(N(C)C)c2cc1OC.COc1cc2nc(N3CCC(Cc4ccccc4)(C(=O)NCc4ccccc4)CC3)nc(N)c2cc1OC. The van der Waals surface area contributed by atoms with Crippen LogP contribution < -0.4 is 50.0 Å². The van der Waals surface area contributed by atoms with Gasteiger partial charge in [0.05, 0.1) is 50.3 Å². The number of carbonyl (C=O) groups is 2.